The molecule has 0 radical (unpaired) electrons. The summed E-state index contributed by atoms with van der Waals surface area (Å²) < 4.78 is 1.16. The van der Waals surface area contributed by atoms with E-state index in [1.165, 1.54) is 32.1 Å². The molecule has 0 aliphatic carbocycles. The average molecular weight is 252 g/mol. The summed E-state index contributed by atoms with van der Waals surface area (Å²) in [6.07, 6.45) is 11.3. The largest absolute Gasteiger partial charge is 0.0878 e. The zero-order valence-corrected chi connectivity index (χ0v) is 8.93. The molecule has 0 fully saturated rings. The molecule has 0 saturated carbocycles. The highest BCUT2D eigenvalue weighted by molar-refractivity contribution is 14.1. The highest BCUT2D eigenvalue weighted by atomic mass is 127. The first kappa shape index (κ1) is 10.5. The Bertz CT molecular complexity index is 76.8. The van der Waals surface area contributed by atoms with Crippen LogP contribution in [0.1, 0.15) is 39.0 Å². The number of alkyl halides is 1. The number of halogens is 1. The highest BCUT2D eigenvalue weighted by Gasteiger charge is 1.82. The quantitative estimate of drug-likeness (QED) is 0.290. The second kappa shape index (κ2) is 9.47. The molecule has 0 spiro atoms. The van der Waals surface area contributed by atoms with E-state index in [9.17, 15) is 0 Å². The molecule has 0 N–H and O–H groups in total. The van der Waals surface area contributed by atoms with E-state index in [1.807, 2.05) is 0 Å². The van der Waals surface area contributed by atoms with E-state index < -0.39 is 0 Å². The molecule has 10 heavy (non-hydrogen) atoms. The third-order valence-electron chi connectivity index (χ3n) is 1.48. The summed E-state index contributed by atoms with van der Waals surface area (Å²) in [5, 5.41) is 0. The number of allylic oxidation sites excluding steroid dienone is 2. The van der Waals surface area contributed by atoms with Crippen LogP contribution in [0.3, 0.4) is 0 Å². The van der Waals surface area contributed by atoms with Gasteiger partial charge in [0.15, 0.2) is 0 Å². The predicted octanol–water partition coefficient (Wildman–Crippen LogP) is 3.95. The fourth-order valence-corrected chi connectivity index (χ4v) is 1.23. The zero-order valence-electron chi connectivity index (χ0n) is 6.78. The lowest BCUT2D eigenvalue weighted by molar-refractivity contribution is 0.674. The van der Waals surface area contributed by atoms with Gasteiger partial charge < -0.3 is 0 Å². The van der Waals surface area contributed by atoms with Gasteiger partial charge in [-0.25, -0.2) is 0 Å². The Morgan fingerprint density at radius 1 is 1.10 bits per heavy atom. The van der Waals surface area contributed by atoms with Gasteiger partial charge in [0.25, 0.3) is 0 Å². The molecular weight excluding hydrogens is 235 g/mol. The minimum Gasteiger partial charge on any atom is -0.0878 e. The first-order valence-electron chi connectivity index (χ1n) is 4.12. The van der Waals surface area contributed by atoms with Gasteiger partial charge in [0.2, 0.25) is 0 Å². The van der Waals surface area contributed by atoms with Crippen molar-refractivity contribution < 1.29 is 0 Å². The first-order chi connectivity index (χ1) is 4.91. The minimum atomic E-state index is 1.16. The topological polar surface area (TPSA) is 0 Å². The van der Waals surface area contributed by atoms with E-state index in [-0.39, 0.29) is 0 Å². The van der Waals surface area contributed by atoms with Crippen LogP contribution in [0.2, 0.25) is 0 Å². The van der Waals surface area contributed by atoms with Gasteiger partial charge in [-0.15, -0.1) is 0 Å². The Morgan fingerprint density at radius 2 is 1.90 bits per heavy atom. The fourth-order valence-electron chi connectivity index (χ4n) is 0.870. The number of rotatable bonds is 6. The second-order valence-electron chi connectivity index (χ2n) is 2.48. The maximum absolute atomic E-state index is 2.37. The lowest BCUT2D eigenvalue weighted by Gasteiger charge is -1.92. The normalized spacial score (nSPS) is 11.0. The Labute approximate surface area is 78.2 Å². The molecule has 60 valence electrons. The molecule has 0 rings (SSSR count). The predicted molar refractivity (Wildman–Crippen MR) is 56.8 cm³/mol. The smallest absolute Gasteiger partial charge is 0.0175 e. The third-order valence-corrected chi connectivity index (χ3v) is 1.99. The van der Waals surface area contributed by atoms with Gasteiger partial charge in [-0.2, -0.15) is 0 Å². The standard InChI is InChI=1S/C9H17I/c1-2-3-4-5-6-7-8-9-10/h7-8H,2-6,9H2,1H3/b8-7+. The van der Waals surface area contributed by atoms with Crippen molar-refractivity contribution in [3.8, 4) is 0 Å². The van der Waals surface area contributed by atoms with Crippen molar-refractivity contribution in [3.63, 3.8) is 0 Å². The van der Waals surface area contributed by atoms with Crippen molar-refractivity contribution in [1.82, 2.24) is 0 Å². The summed E-state index contributed by atoms with van der Waals surface area (Å²) in [5.41, 5.74) is 0. The Hall–Kier alpha value is 0.470. The SMILES string of the molecule is CCCCCC/C=C/CI. The summed E-state index contributed by atoms with van der Waals surface area (Å²) in [5.74, 6) is 0. The van der Waals surface area contributed by atoms with E-state index in [1.54, 1.807) is 0 Å². The lowest BCUT2D eigenvalue weighted by atomic mass is 10.1. The Balaban J connectivity index is 2.83. The number of hydrogen-bond acceptors (Lipinski definition) is 0. The summed E-state index contributed by atoms with van der Waals surface area (Å²) >= 11 is 2.37. The van der Waals surface area contributed by atoms with Gasteiger partial charge >= 0.3 is 0 Å². The van der Waals surface area contributed by atoms with Crippen LogP contribution in [0.4, 0.5) is 0 Å². The van der Waals surface area contributed by atoms with Crippen LogP contribution in [0.25, 0.3) is 0 Å². The molecule has 0 unspecified atom stereocenters. The number of hydrogen-bond donors (Lipinski definition) is 0. The summed E-state index contributed by atoms with van der Waals surface area (Å²) in [6, 6.07) is 0. The van der Waals surface area contributed by atoms with Gasteiger partial charge in [0.1, 0.15) is 0 Å². The molecule has 1 heteroatoms. The van der Waals surface area contributed by atoms with Crippen molar-refractivity contribution >= 4 is 22.6 Å². The molecule has 0 heterocycles. The van der Waals surface area contributed by atoms with E-state index >= 15 is 0 Å². The molecule has 0 aliphatic heterocycles. The second-order valence-corrected chi connectivity index (χ2v) is 3.36. The highest BCUT2D eigenvalue weighted by Crippen LogP contribution is 2.02. The Morgan fingerprint density at radius 3 is 2.50 bits per heavy atom. The van der Waals surface area contributed by atoms with Crippen LogP contribution in [0.15, 0.2) is 12.2 Å². The molecule has 0 amide bonds. The summed E-state index contributed by atoms with van der Waals surface area (Å²) in [7, 11) is 0. The average Bonchev–Trinajstić information content (AvgIpc) is 1.97. The van der Waals surface area contributed by atoms with Gasteiger partial charge in [-0.05, 0) is 12.8 Å². The van der Waals surface area contributed by atoms with Crippen LogP contribution in [0, 0.1) is 0 Å². The van der Waals surface area contributed by atoms with Crippen LogP contribution >= 0.6 is 22.6 Å². The molecule has 0 aromatic carbocycles. The van der Waals surface area contributed by atoms with Crippen molar-refractivity contribution in [2.75, 3.05) is 4.43 Å². The van der Waals surface area contributed by atoms with Gasteiger partial charge in [-0.1, -0.05) is 60.9 Å². The summed E-state index contributed by atoms with van der Waals surface area (Å²) in [4.78, 5) is 0. The molecule has 0 aromatic rings. The molecule has 0 bridgehead atoms. The van der Waals surface area contributed by atoms with E-state index in [4.69, 9.17) is 0 Å². The van der Waals surface area contributed by atoms with E-state index in [0.717, 1.165) is 4.43 Å². The molecular formula is C9H17I. The number of unbranched alkanes of at least 4 members (excludes halogenated alkanes) is 4. The van der Waals surface area contributed by atoms with E-state index in [2.05, 4.69) is 41.7 Å². The first-order valence-corrected chi connectivity index (χ1v) is 5.65. The Kier molecular flexibility index (Phi) is 9.92. The minimum absolute atomic E-state index is 1.16. The molecule has 0 aromatic heterocycles. The molecule has 0 atom stereocenters. The van der Waals surface area contributed by atoms with Crippen LogP contribution in [0.5, 0.6) is 0 Å². The zero-order chi connectivity index (χ0) is 7.66. The molecule has 0 nitrogen and oxygen atoms in total. The third kappa shape index (κ3) is 8.47. The maximum atomic E-state index is 2.37. The van der Waals surface area contributed by atoms with Crippen LogP contribution in [-0.4, -0.2) is 4.43 Å². The van der Waals surface area contributed by atoms with Crippen molar-refractivity contribution in [2.45, 2.75) is 39.0 Å². The maximum Gasteiger partial charge on any atom is 0.0175 e. The van der Waals surface area contributed by atoms with Crippen molar-refractivity contribution in [2.24, 2.45) is 0 Å². The summed E-state index contributed by atoms with van der Waals surface area (Å²) in [6.45, 7) is 2.25. The van der Waals surface area contributed by atoms with Crippen molar-refractivity contribution in [3.05, 3.63) is 12.2 Å². The van der Waals surface area contributed by atoms with Crippen molar-refractivity contribution in [1.29, 1.82) is 0 Å². The monoisotopic (exact) mass is 252 g/mol. The molecule has 0 saturated heterocycles. The van der Waals surface area contributed by atoms with Gasteiger partial charge in [-0.3, -0.25) is 0 Å². The van der Waals surface area contributed by atoms with Crippen LogP contribution < -0.4 is 0 Å². The lowest BCUT2D eigenvalue weighted by Crippen LogP contribution is -1.73. The molecule has 0 aliphatic rings. The van der Waals surface area contributed by atoms with Gasteiger partial charge in [0.05, 0.1) is 0 Å². The van der Waals surface area contributed by atoms with Crippen LogP contribution in [-0.2, 0) is 0 Å². The fraction of sp³-hybridized carbons (Fsp3) is 0.778. The van der Waals surface area contributed by atoms with E-state index in [0.29, 0.717) is 0 Å². The van der Waals surface area contributed by atoms with Gasteiger partial charge in [0, 0.05) is 4.43 Å².